The molecule has 1 aromatic carbocycles. The lowest BCUT2D eigenvalue weighted by Gasteiger charge is -1.99. The van der Waals surface area contributed by atoms with Gasteiger partial charge in [0.15, 0.2) is 6.73 Å². The van der Waals surface area contributed by atoms with Crippen molar-refractivity contribution in [2.75, 3.05) is 6.73 Å². The summed E-state index contributed by atoms with van der Waals surface area (Å²) in [6, 6.07) is 8.05. The van der Waals surface area contributed by atoms with Gasteiger partial charge >= 0.3 is 12.1 Å². The molecule has 1 aliphatic rings. The predicted molar refractivity (Wildman–Crippen MR) is 116 cm³/mol. The monoisotopic (exact) mass is 431 g/mol. The summed E-state index contributed by atoms with van der Waals surface area (Å²) in [5.41, 5.74) is 2.14. The SMILES string of the molecule is C1=CC=Cc2ccccc2C=NCOC=CC=NC=CN=CC=C1.O=C(O)C(F)(F)F. The van der Waals surface area contributed by atoms with Crippen molar-refractivity contribution < 1.29 is 27.8 Å². The van der Waals surface area contributed by atoms with Crippen molar-refractivity contribution in [3.8, 4) is 0 Å². The Bertz CT molecular complexity index is 925. The molecule has 2 rings (SSSR count). The molecule has 162 valence electrons. The fourth-order valence-corrected chi connectivity index (χ4v) is 1.77. The first-order chi connectivity index (χ1) is 14.9. The molecule has 0 saturated heterocycles. The zero-order chi connectivity index (χ0) is 22.8. The van der Waals surface area contributed by atoms with Gasteiger partial charge in [-0.05, 0) is 23.3 Å². The van der Waals surface area contributed by atoms with Gasteiger partial charge in [0.1, 0.15) is 0 Å². The minimum absolute atomic E-state index is 0.257. The van der Waals surface area contributed by atoms with Crippen molar-refractivity contribution in [1.29, 1.82) is 0 Å². The van der Waals surface area contributed by atoms with E-state index in [9.17, 15) is 13.2 Å². The molecule has 0 amide bonds. The van der Waals surface area contributed by atoms with Gasteiger partial charge < -0.3 is 9.84 Å². The van der Waals surface area contributed by atoms with E-state index < -0.39 is 12.1 Å². The second-order valence-corrected chi connectivity index (χ2v) is 5.39. The quantitative estimate of drug-likeness (QED) is 0.629. The fourth-order valence-electron chi connectivity index (χ4n) is 1.77. The van der Waals surface area contributed by atoms with Crippen molar-refractivity contribution in [3.63, 3.8) is 0 Å². The maximum atomic E-state index is 10.6. The molecule has 0 spiro atoms. The Morgan fingerprint density at radius 3 is 2.16 bits per heavy atom. The van der Waals surface area contributed by atoms with Crippen LogP contribution < -0.4 is 0 Å². The third-order valence-corrected chi connectivity index (χ3v) is 3.10. The lowest BCUT2D eigenvalue weighted by atomic mass is 10.1. The minimum atomic E-state index is -5.08. The van der Waals surface area contributed by atoms with Crippen molar-refractivity contribution in [2.24, 2.45) is 15.0 Å². The molecule has 31 heavy (non-hydrogen) atoms. The average molecular weight is 431 g/mol. The number of allylic oxidation sites excluding steroid dienone is 6. The first kappa shape index (κ1) is 25.0. The number of alkyl halides is 3. The van der Waals surface area contributed by atoms with Crippen molar-refractivity contribution in [2.45, 2.75) is 6.18 Å². The molecular formula is C22H20F3N3O3. The molecule has 0 atom stereocenters. The molecule has 0 saturated carbocycles. The van der Waals surface area contributed by atoms with Gasteiger partial charge in [0.2, 0.25) is 0 Å². The smallest absolute Gasteiger partial charge is 0.479 e. The summed E-state index contributed by atoms with van der Waals surface area (Å²) in [6.07, 6.45) is 18.2. The summed E-state index contributed by atoms with van der Waals surface area (Å²) >= 11 is 0. The number of rotatable bonds is 0. The van der Waals surface area contributed by atoms with Crippen LogP contribution in [-0.4, -0.2) is 42.6 Å². The number of ether oxygens (including phenoxy) is 1. The van der Waals surface area contributed by atoms with E-state index in [1.807, 2.05) is 66.9 Å². The lowest BCUT2D eigenvalue weighted by Crippen LogP contribution is -2.21. The van der Waals surface area contributed by atoms with Crippen LogP contribution in [0.5, 0.6) is 0 Å². The Morgan fingerprint density at radius 2 is 1.48 bits per heavy atom. The van der Waals surface area contributed by atoms with E-state index in [-0.39, 0.29) is 6.73 Å². The summed E-state index contributed by atoms with van der Waals surface area (Å²) < 4.78 is 37.0. The van der Waals surface area contributed by atoms with Crippen LogP contribution in [0.2, 0.25) is 0 Å². The van der Waals surface area contributed by atoms with E-state index in [1.165, 1.54) is 0 Å². The van der Waals surface area contributed by atoms with Crippen LogP contribution in [0, 0.1) is 0 Å². The Hall–Kier alpha value is -4.01. The Balaban J connectivity index is 0.000000592. The number of carbonyl (C=O) groups is 1. The van der Waals surface area contributed by atoms with Crippen LogP contribution in [0.15, 0.2) is 94.4 Å². The van der Waals surface area contributed by atoms with Crippen molar-refractivity contribution in [3.05, 3.63) is 90.5 Å². The normalized spacial score (nSPS) is 14.3. The Morgan fingerprint density at radius 1 is 0.903 bits per heavy atom. The van der Waals surface area contributed by atoms with Crippen LogP contribution in [0.25, 0.3) is 6.08 Å². The van der Waals surface area contributed by atoms with E-state index in [0.29, 0.717) is 0 Å². The predicted octanol–water partition coefficient (Wildman–Crippen LogP) is 4.98. The second-order valence-electron chi connectivity index (χ2n) is 5.39. The zero-order valence-corrected chi connectivity index (χ0v) is 16.3. The summed E-state index contributed by atoms with van der Waals surface area (Å²) in [5, 5.41) is 7.12. The Kier molecular flexibility index (Phi) is 12.0. The molecule has 1 aromatic rings. The molecule has 9 heteroatoms. The van der Waals surface area contributed by atoms with Crippen LogP contribution >= 0.6 is 0 Å². The number of carboxylic acids is 1. The number of carboxylic acid groups (broad SMARTS) is 1. The first-order valence-electron chi connectivity index (χ1n) is 8.78. The second kappa shape index (κ2) is 14.9. The number of halogens is 3. The lowest BCUT2D eigenvalue weighted by molar-refractivity contribution is -0.192. The number of hydrogen-bond donors (Lipinski definition) is 1. The van der Waals surface area contributed by atoms with E-state index in [2.05, 4.69) is 15.0 Å². The van der Waals surface area contributed by atoms with Crippen LogP contribution in [0.1, 0.15) is 11.1 Å². The van der Waals surface area contributed by atoms with Crippen LogP contribution in [-0.2, 0) is 9.53 Å². The van der Waals surface area contributed by atoms with Gasteiger partial charge in [-0.25, -0.2) is 4.79 Å². The van der Waals surface area contributed by atoms with Crippen LogP contribution in [0.3, 0.4) is 0 Å². The molecule has 0 aliphatic carbocycles. The van der Waals surface area contributed by atoms with Crippen molar-refractivity contribution >= 4 is 30.7 Å². The van der Waals surface area contributed by atoms with Gasteiger partial charge in [-0.2, -0.15) is 13.2 Å². The topological polar surface area (TPSA) is 83.6 Å². The standard InChI is InChI=1S/C20H19N3O.C2HF3O2/c1-2-4-9-19-10-5-6-11-20(19)17-23-18-24-16-8-13-22-15-14-21-12-7-3-1;3-2(4,5)1(6)7/h1-17H,18H2;(H,6,7). The maximum absolute atomic E-state index is 10.6. The molecule has 6 nitrogen and oxygen atoms in total. The molecule has 0 fully saturated rings. The first-order valence-corrected chi connectivity index (χ1v) is 8.78. The summed E-state index contributed by atoms with van der Waals surface area (Å²) in [7, 11) is 0. The van der Waals surface area contributed by atoms with Crippen LogP contribution in [0.4, 0.5) is 13.2 Å². The number of benzene rings is 1. The minimum Gasteiger partial charge on any atom is -0.479 e. The molecule has 1 heterocycles. The summed E-state index contributed by atoms with van der Waals surface area (Å²) in [5.74, 6) is -2.76. The molecule has 1 N–H and O–H groups in total. The number of aliphatic carboxylic acids is 1. The van der Waals surface area contributed by atoms with E-state index in [4.69, 9.17) is 14.6 Å². The van der Waals surface area contributed by atoms with E-state index in [0.717, 1.165) is 11.1 Å². The number of fused-ring (bicyclic) bond motifs is 1. The molecule has 0 radical (unpaired) electrons. The maximum Gasteiger partial charge on any atom is 0.490 e. The van der Waals surface area contributed by atoms with E-state index in [1.54, 1.807) is 37.2 Å². The highest BCUT2D eigenvalue weighted by Gasteiger charge is 2.38. The van der Waals surface area contributed by atoms with Gasteiger partial charge in [-0.15, -0.1) is 0 Å². The third kappa shape index (κ3) is 12.9. The van der Waals surface area contributed by atoms with E-state index >= 15 is 0 Å². The zero-order valence-electron chi connectivity index (χ0n) is 16.3. The average Bonchev–Trinajstić information content (AvgIpc) is 2.73. The van der Waals surface area contributed by atoms with Gasteiger partial charge in [0.05, 0.1) is 6.26 Å². The summed E-state index contributed by atoms with van der Waals surface area (Å²) in [4.78, 5) is 21.2. The van der Waals surface area contributed by atoms with Gasteiger partial charge in [0.25, 0.3) is 0 Å². The summed E-state index contributed by atoms with van der Waals surface area (Å²) in [6.45, 7) is 0.257. The van der Waals surface area contributed by atoms with Gasteiger partial charge in [-0.3, -0.25) is 15.0 Å². The molecule has 0 bridgehead atoms. The largest absolute Gasteiger partial charge is 0.490 e. The highest BCUT2D eigenvalue weighted by atomic mass is 19.4. The third-order valence-electron chi connectivity index (χ3n) is 3.10. The fraction of sp³-hybridized carbons (Fsp3) is 0.0909. The number of aliphatic imine (C=N–C) groups is 3. The number of hydrogen-bond acceptors (Lipinski definition) is 5. The molecular weight excluding hydrogens is 411 g/mol. The Labute approximate surface area is 177 Å². The van der Waals surface area contributed by atoms with Gasteiger partial charge in [-0.1, -0.05) is 54.6 Å². The number of nitrogens with zero attached hydrogens (tertiary/aromatic N) is 3. The molecule has 0 unspecified atom stereocenters. The molecule has 0 aromatic heterocycles. The molecule has 1 aliphatic heterocycles. The highest BCUT2D eigenvalue weighted by Crippen LogP contribution is 2.13. The van der Waals surface area contributed by atoms with Crippen molar-refractivity contribution in [1.82, 2.24) is 0 Å². The van der Waals surface area contributed by atoms with Gasteiger partial charge in [0, 0.05) is 31.0 Å². The highest BCUT2D eigenvalue weighted by molar-refractivity contribution is 5.85.